The van der Waals surface area contributed by atoms with E-state index in [-0.39, 0.29) is 0 Å². The Morgan fingerprint density at radius 1 is 1.18 bits per heavy atom. The van der Waals surface area contributed by atoms with Crippen molar-refractivity contribution in [1.82, 2.24) is 10.2 Å². The number of nitrogens with one attached hydrogen (secondary N) is 1. The van der Waals surface area contributed by atoms with Crippen LogP contribution < -0.4 is 5.32 Å². The minimum absolute atomic E-state index is 0.751. The fourth-order valence-corrected chi connectivity index (χ4v) is 2.31. The zero-order chi connectivity index (χ0) is 7.84. The maximum atomic E-state index is 3.46. The van der Waals surface area contributed by atoms with E-state index in [1.165, 1.54) is 26.2 Å². The lowest BCUT2D eigenvalue weighted by molar-refractivity contribution is 0.256. The summed E-state index contributed by atoms with van der Waals surface area (Å²) in [4.78, 5) is 2.61. The van der Waals surface area contributed by atoms with Crippen molar-refractivity contribution in [2.75, 3.05) is 26.2 Å². The second-order valence-corrected chi connectivity index (χ2v) is 4.23. The Bertz CT molecular complexity index is 132. The van der Waals surface area contributed by atoms with Crippen molar-refractivity contribution < 1.29 is 0 Å². The highest BCUT2D eigenvalue weighted by Gasteiger charge is 2.36. The molecule has 0 radical (unpaired) electrons. The molecular formula is C9H18N2. The third kappa shape index (κ3) is 1.30. The van der Waals surface area contributed by atoms with Gasteiger partial charge >= 0.3 is 0 Å². The van der Waals surface area contributed by atoms with Gasteiger partial charge in [0.25, 0.3) is 0 Å². The van der Waals surface area contributed by atoms with E-state index in [4.69, 9.17) is 0 Å². The second-order valence-electron chi connectivity index (χ2n) is 4.23. The fraction of sp³-hybridized carbons (Fsp3) is 1.00. The molecule has 0 aromatic heterocycles. The summed E-state index contributed by atoms with van der Waals surface area (Å²) < 4.78 is 0. The standard InChI is InChI=1S/C9H18N2/c1-7(2)11-5-8-3-10-4-9(8)6-11/h7-10H,3-6H2,1-2H3/t8-,9-/m0/s1. The molecule has 0 bridgehead atoms. The van der Waals surface area contributed by atoms with Crippen LogP contribution in [0.4, 0.5) is 0 Å². The first-order chi connectivity index (χ1) is 5.27. The minimum atomic E-state index is 0.751. The molecule has 0 aliphatic carbocycles. The van der Waals surface area contributed by atoms with Crippen molar-refractivity contribution in [2.24, 2.45) is 11.8 Å². The van der Waals surface area contributed by atoms with Crippen LogP contribution in [-0.4, -0.2) is 37.1 Å². The molecular weight excluding hydrogens is 136 g/mol. The van der Waals surface area contributed by atoms with Gasteiger partial charge in [-0.1, -0.05) is 0 Å². The molecule has 2 saturated heterocycles. The summed E-state index contributed by atoms with van der Waals surface area (Å²) in [5, 5.41) is 3.46. The highest BCUT2D eigenvalue weighted by atomic mass is 15.2. The lowest BCUT2D eigenvalue weighted by Crippen LogP contribution is -2.31. The minimum Gasteiger partial charge on any atom is -0.316 e. The van der Waals surface area contributed by atoms with E-state index >= 15 is 0 Å². The topological polar surface area (TPSA) is 15.3 Å². The van der Waals surface area contributed by atoms with Crippen molar-refractivity contribution in [2.45, 2.75) is 19.9 Å². The van der Waals surface area contributed by atoms with Crippen LogP contribution in [0.5, 0.6) is 0 Å². The maximum Gasteiger partial charge on any atom is 0.00388 e. The van der Waals surface area contributed by atoms with Gasteiger partial charge in [-0.3, -0.25) is 0 Å². The number of fused-ring (bicyclic) bond motifs is 1. The van der Waals surface area contributed by atoms with Gasteiger partial charge in [-0.25, -0.2) is 0 Å². The average molecular weight is 154 g/mol. The second kappa shape index (κ2) is 2.76. The lowest BCUT2D eigenvalue weighted by atomic mass is 10.0. The molecule has 2 heterocycles. The largest absolute Gasteiger partial charge is 0.316 e. The van der Waals surface area contributed by atoms with Crippen molar-refractivity contribution in [1.29, 1.82) is 0 Å². The Labute approximate surface area is 69.0 Å². The Morgan fingerprint density at radius 3 is 2.18 bits per heavy atom. The Kier molecular flexibility index (Phi) is 1.90. The fourth-order valence-electron chi connectivity index (χ4n) is 2.31. The van der Waals surface area contributed by atoms with E-state index < -0.39 is 0 Å². The van der Waals surface area contributed by atoms with Crippen molar-refractivity contribution in [3.63, 3.8) is 0 Å². The molecule has 2 heteroatoms. The number of likely N-dealkylation sites (tertiary alicyclic amines) is 1. The molecule has 11 heavy (non-hydrogen) atoms. The number of nitrogens with zero attached hydrogens (tertiary/aromatic N) is 1. The zero-order valence-electron chi connectivity index (χ0n) is 7.51. The van der Waals surface area contributed by atoms with E-state index in [2.05, 4.69) is 24.1 Å². The third-order valence-electron chi connectivity index (χ3n) is 3.15. The average Bonchev–Trinajstić information content (AvgIpc) is 2.40. The summed E-state index contributed by atoms with van der Waals surface area (Å²) in [7, 11) is 0. The molecule has 0 saturated carbocycles. The monoisotopic (exact) mass is 154 g/mol. The Hall–Kier alpha value is -0.0800. The molecule has 2 aliphatic heterocycles. The van der Waals surface area contributed by atoms with Crippen LogP contribution in [0.3, 0.4) is 0 Å². The molecule has 0 aromatic carbocycles. The van der Waals surface area contributed by atoms with Gasteiger partial charge in [-0.15, -0.1) is 0 Å². The molecule has 2 aliphatic rings. The highest BCUT2D eigenvalue weighted by molar-refractivity contribution is 4.91. The van der Waals surface area contributed by atoms with E-state index in [9.17, 15) is 0 Å². The molecule has 2 rings (SSSR count). The predicted octanol–water partition coefficient (Wildman–Crippen LogP) is 0.546. The lowest BCUT2D eigenvalue weighted by Gasteiger charge is -2.20. The van der Waals surface area contributed by atoms with E-state index in [1.807, 2.05) is 0 Å². The maximum absolute atomic E-state index is 3.46. The molecule has 0 unspecified atom stereocenters. The number of hydrogen-bond acceptors (Lipinski definition) is 2. The van der Waals surface area contributed by atoms with Crippen LogP contribution in [0.2, 0.25) is 0 Å². The number of hydrogen-bond donors (Lipinski definition) is 1. The molecule has 2 nitrogen and oxygen atoms in total. The summed E-state index contributed by atoms with van der Waals surface area (Å²) in [6, 6.07) is 0.751. The molecule has 0 aromatic rings. The van der Waals surface area contributed by atoms with Crippen molar-refractivity contribution in [3.05, 3.63) is 0 Å². The Morgan fingerprint density at radius 2 is 1.73 bits per heavy atom. The first-order valence-electron chi connectivity index (χ1n) is 4.72. The molecule has 2 atom stereocenters. The van der Waals surface area contributed by atoms with Gasteiger partial charge in [0.1, 0.15) is 0 Å². The van der Waals surface area contributed by atoms with Crippen LogP contribution in [0.15, 0.2) is 0 Å². The highest BCUT2D eigenvalue weighted by Crippen LogP contribution is 2.27. The third-order valence-corrected chi connectivity index (χ3v) is 3.15. The van der Waals surface area contributed by atoms with E-state index in [0.717, 1.165) is 17.9 Å². The molecule has 2 fully saturated rings. The summed E-state index contributed by atoms with van der Waals surface area (Å²) in [6.07, 6.45) is 0. The van der Waals surface area contributed by atoms with Gasteiger partial charge in [-0.2, -0.15) is 0 Å². The summed E-state index contributed by atoms with van der Waals surface area (Å²) >= 11 is 0. The first-order valence-corrected chi connectivity index (χ1v) is 4.72. The molecule has 64 valence electrons. The van der Waals surface area contributed by atoms with E-state index in [1.54, 1.807) is 0 Å². The van der Waals surface area contributed by atoms with Gasteiger partial charge in [0.15, 0.2) is 0 Å². The summed E-state index contributed by atoms with van der Waals surface area (Å²) in [5.74, 6) is 1.91. The van der Waals surface area contributed by atoms with Gasteiger partial charge in [-0.05, 0) is 38.8 Å². The molecule has 0 amide bonds. The summed E-state index contributed by atoms with van der Waals surface area (Å²) in [5.41, 5.74) is 0. The van der Waals surface area contributed by atoms with Crippen LogP contribution in [0.1, 0.15) is 13.8 Å². The predicted molar refractivity (Wildman–Crippen MR) is 46.6 cm³/mol. The first kappa shape index (κ1) is 7.56. The van der Waals surface area contributed by atoms with Crippen LogP contribution in [0.25, 0.3) is 0 Å². The quantitative estimate of drug-likeness (QED) is 0.593. The SMILES string of the molecule is CC(C)N1C[C@@H]2CNC[C@H]2C1. The van der Waals surface area contributed by atoms with Crippen LogP contribution in [-0.2, 0) is 0 Å². The normalized spacial score (nSPS) is 38.5. The van der Waals surface area contributed by atoms with Crippen LogP contribution >= 0.6 is 0 Å². The van der Waals surface area contributed by atoms with Gasteiger partial charge in [0.2, 0.25) is 0 Å². The van der Waals surface area contributed by atoms with Crippen molar-refractivity contribution >= 4 is 0 Å². The number of rotatable bonds is 1. The van der Waals surface area contributed by atoms with E-state index in [0.29, 0.717) is 0 Å². The molecule has 0 spiro atoms. The zero-order valence-corrected chi connectivity index (χ0v) is 7.51. The van der Waals surface area contributed by atoms with Gasteiger partial charge in [0.05, 0.1) is 0 Å². The Balaban J connectivity index is 1.94. The van der Waals surface area contributed by atoms with Gasteiger partial charge in [0, 0.05) is 19.1 Å². The van der Waals surface area contributed by atoms with Crippen molar-refractivity contribution in [3.8, 4) is 0 Å². The van der Waals surface area contributed by atoms with Crippen LogP contribution in [0, 0.1) is 11.8 Å². The van der Waals surface area contributed by atoms with Gasteiger partial charge < -0.3 is 10.2 Å². The smallest absolute Gasteiger partial charge is 0.00388 e. The molecule has 1 N–H and O–H groups in total. The summed E-state index contributed by atoms with van der Waals surface area (Å²) in [6.45, 7) is 9.77.